The zero-order valence-corrected chi connectivity index (χ0v) is 11.6. The third-order valence-corrected chi connectivity index (χ3v) is 3.95. The maximum atomic E-state index is 11.6. The number of carboxylic acids is 2. The standard InChI is InChI=1S/C18H14O4/c19-17(20)15-13(11-7-3-1-4-8-11)14(16(15)18(21)22)12-9-5-2-6-10-12/h1-10,15-16H,(H,19,20)(H,21,22)/t15-,16+. The minimum absolute atomic E-state index is 0.590. The molecule has 0 aliphatic heterocycles. The summed E-state index contributed by atoms with van der Waals surface area (Å²) in [5, 5.41) is 18.9. The molecule has 2 N–H and O–H groups in total. The highest BCUT2D eigenvalue weighted by Crippen LogP contribution is 2.51. The number of aliphatic carboxylic acids is 2. The van der Waals surface area contributed by atoms with E-state index in [-0.39, 0.29) is 0 Å². The van der Waals surface area contributed by atoms with Crippen LogP contribution < -0.4 is 0 Å². The lowest BCUT2D eigenvalue weighted by atomic mass is 9.63. The molecule has 2 atom stereocenters. The van der Waals surface area contributed by atoms with E-state index in [9.17, 15) is 19.8 Å². The molecule has 0 radical (unpaired) electrons. The van der Waals surface area contributed by atoms with E-state index < -0.39 is 23.8 Å². The molecule has 0 saturated heterocycles. The number of benzene rings is 2. The average Bonchev–Trinajstić information content (AvgIpc) is 2.47. The van der Waals surface area contributed by atoms with Gasteiger partial charge in [0, 0.05) is 0 Å². The predicted octanol–water partition coefficient (Wildman–Crippen LogP) is 3.01. The minimum atomic E-state index is -1.11. The molecule has 0 unspecified atom stereocenters. The summed E-state index contributed by atoms with van der Waals surface area (Å²) in [7, 11) is 0. The first-order valence-electron chi connectivity index (χ1n) is 6.91. The molecule has 110 valence electrons. The van der Waals surface area contributed by atoms with E-state index in [2.05, 4.69) is 0 Å². The highest BCUT2D eigenvalue weighted by atomic mass is 16.4. The molecule has 0 aromatic heterocycles. The molecule has 0 saturated carbocycles. The Labute approximate surface area is 127 Å². The highest BCUT2D eigenvalue weighted by molar-refractivity contribution is 6.15. The Hall–Kier alpha value is -2.88. The van der Waals surface area contributed by atoms with Gasteiger partial charge in [0.05, 0.1) is 11.8 Å². The monoisotopic (exact) mass is 294 g/mol. The van der Waals surface area contributed by atoms with E-state index in [0.29, 0.717) is 11.1 Å². The molecule has 1 aliphatic carbocycles. The van der Waals surface area contributed by atoms with Crippen LogP contribution in [0.3, 0.4) is 0 Å². The molecule has 0 amide bonds. The van der Waals surface area contributed by atoms with Crippen LogP contribution in [0, 0.1) is 11.8 Å². The Morgan fingerprint density at radius 1 is 0.636 bits per heavy atom. The van der Waals surface area contributed by atoms with Crippen molar-refractivity contribution < 1.29 is 19.8 Å². The second-order valence-electron chi connectivity index (χ2n) is 5.19. The molecule has 0 heterocycles. The summed E-state index contributed by atoms with van der Waals surface area (Å²) >= 11 is 0. The van der Waals surface area contributed by atoms with Gasteiger partial charge in [-0.2, -0.15) is 0 Å². The second kappa shape index (κ2) is 5.48. The fourth-order valence-corrected chi connectivity index (χ4v) is 3.01. The fourth-order valence-electron chi connectivity index (χ4n) is 3.01. The summed E-state index contributed by atoms with van der Waals surface area (Å²) < 4.78 is 0. The first-order valence-corrected chi connectivity index (χ1v) is 6.91. The summed E-state index contributed by atoms with van der Waals surface area (Å²) in [4.78, 5) is 23.1. The van der Waals surface area contributed by atoms with Crippen molar-refractivity contribution in [2.75, 3.05) is 0 Å². The summed E-state index contributed by atoms with van der Waals surface area (Å²) in [6.07, 6.45) is 0. The van der Waals surface area contributed by atoms with Gasteiger partial charge in [0.25, 0.3) is 0 Å². The molecule has 4 heteroatoms. The van der Waals surface area contributed by atoms with E-state index >= 15 is 0 Å². The van der Waals surface area contributed by atoms with Crippen LogP contribution in [0.1, 0.15) is 11.1 Å². The SMILES string of the molecule is O=C(O)[C@@H]1C(c2ccccc2)=C(c2ccccc2)[C@@H]1C(=O)O. The lowest BCUT2D eigenvalue weighted by Gasteiger charge is -2.37. The van der Waals surface area contributed by atoms with Crippen LogP contribution >= 0.6 is 0 Å². The van der Waals surface area contributed by atoms with Crippen molar-refractivity contribution in [3.63, 3.8) is 0 Å². The van der Waals surface area contributed by atoms with Gasteiger partial charge >= 0.3 is 11.9 Å². The van der Waals surface area contributed by atoms with E-state index in [0.717, 1.165) is 11.1 Å². The number of hydrogen-bond acceptors (Lipinski definition) is 2. The van der Waals surface area contributed by atoms with Crippen LogP contribution in [0.2, 0.25) is 0 Å². The van der Waals surface area contributed by atoms with Gasteiger partial charge in [-0.05, 0) is 22.3 Å². The summed E-state index contributed by atoms with van der Waals surface area (Å²) in [6, 6.07) is 18.2. The third kappa shape index (κ3) is 2.19. The van der Waals surface area contributed by atoms with Crippen molar-refractivity contribution in [2.45, 2.75) is 0 Å². The molecule has 4 nitrogen and oxygen atoms in total. The number of rotatable bonds is 4. The minimum Gasteiger partial charge on any atom is -0.481 e. The Kier molecular flexibility index (Phi) is 3.51. The molecule has 0 bridgehead atoms. The van der Waals surface area contributed by atoms with E-state index in [1.807, 2.05) is 60.7 Å². The summed E-state index contributed by atoms with van der Waals surface area (Å²) in [6.45, 7) is 0. The van der Waals surface area contributed by atoms with Crippen molar-refractivity contribution >= 4 is 23.1 Å². The topological polar surface area (TPSA) is 74.6 Å². The van der Waals surface area contributed by atoms with Gasteiger partial charge < -0.3 is 10.2 Å². The molecule has 1 aliphatic rings. The molecule has 0 fully saturated rings. The zero-order chi connectivity index (χ0) is 15.7. The van der Waals surface area contributed by atoms with Gasteiger partial charge in [-0.25, -0.2) is 0 Å². The average molecular weight is 294 g/mol. The predicted molar refractivity (Wildman–Crippen MR) is 81.9 cm³/mol. The maximum absolute atomic E-state index is 11.6. The Morgan fingerprint density at radius 2 is 0.955 bits per heavy atom. The van der Waals surface area contributed by atoms with Crippen molar-refractivity contribution in [3.05, 3.63) is 71.8 Å². The van der Waals surface area contributed by atoms with Crippen LogP contribution in [0.25, 0.3) is 11.1 Å². The lowest BCUT2D eigenvalue weighted by Crippen LogP contribution is -2.40. The second-order valence-corrected chi connectivity index (χ2v) is 5.19. The number of carboxylic acid groups (broad SMARTS) is 2. The van der Waals surface area contributed by atoms with E-state index in [1.165, 1.54) is 0 Å². The van der Waals surface area contributed by atoms with Crippen LogP contribution in [-0.2, 0) is 9.59 Å². The van der Waals surface area contributed by atoms with Gasteiger partial charge in [0.2, 0.25) is 0 Å². The largest absolute Gasteiger partial charge is 0.481 e. The van der Waals surface area contributed by atoms with Crippen LogP contribution in [0.15, 0.2) is 60.7 Å². The van der Waals surface area contributed by atoms with Crippen LogP contribution in [0.5, 0.6) is 0 Å². The molecule has 0 spiro atoms. The molecular formula is C18H14O4. The van der Waals surface area contributed by atoms with Gasteiger partial charge in [0.15, 0.2) is 0 Å². The maximum Gasteiger partial charge on any atom is 0.312 e. The normalized spacial score (nSPS) is 20.4. The summed E-state index contributed by atoms with van der Waals surface area (Å²) in [5.74, 6) is -4.25. The molecular weight excluding hydrogens is 280 g/mol. The zero-order valence-electron chi connectivity index (χ0n) is 11.6. The van der Waals surface area contributed by atoms with E-state index in [4.69, 9.17) is 0 Å². The van der Waals surface area contributed by atoms with Crippen LogP contribution in [-0.4, -0.2) is 22.2 Å². The van der Waals surface area contributed by atoms with Crippen molar-refractivity contribution in [1.82, 2.24) is 0 Å². The van der Waals surface area contributed by atoms with Crippen LogP contribution in [0.4, 0.5) is 0 Å². The quantitative estimate of drug-likeness (QED) is 0.909. The van der Waals surface area contributed by atoms with E-state index in [1.54, 1.807) is 0 Å². The van der Waals surface area contributed by atoms with Gasteiger partial charge in [-0.3, -0.25) is 9.59 Å². The first kappa shape index (κ1) is 14.1. The molecule has 3 rings (SSSR count). The fraction of sp³-hybridized carbons (Fsp3) is 0.111. The summed E-state index contributed by atoms with van der Waals surface area (Å²) in [5.41, 5.74) is 2.69. The molecule has 22 heavy (non-hydrogen) atoms. The Bertz CT molecular complexity index is 682. The number of hydrogen-bond donors (Lipinski definition) is 2. The Balaban J connectivity index is 2.23. The first-order chi connectivity index (χ1) is 10.6. The van der Waals surface area contributed by atoms with Crippen molar-refractivity contribution in [2.24, 2.45) is 11.8 Å². The molecule has 2 aromatic rings. The van der Waals surface area contributed by atoms with Crippen molar-refractivity contribution in [1.29, 1.82) is 0 Å². The van der Waals surface area contributed by atoms with Gasteiger partial charge in [-0.15, -0.1) is 0 Å². The van der Waals surface area contributed by atoms with Gasteiger partial charge in [-0.1, -0.05) is 60.7 Å². The highest BCUT2D eigenvalue weighted by Gasteiger charge is 2.50. The smallest absolute Gasteiger partial charge is 0.312 e. The number of carbonyl (C=O) groups is 2. The van der Waals surface area contributed by atoms with Crippen molar-refractivity contribution in [3.8, 4) is 0 Å². The molecule has 2 aromatic carbocycles. The Morgan fingerprint density at radius 3 is 1.23 bits per heavy atom. The third-order valence-electron chi connectivity index (χ3n) is 3.95. The lowest BCUT2D eigenvalue weighted by molar-refractivity contribution is -0.150. The van der Waals surface area contributed by atoms with Gasteiger partial charge in [0.1, 0.15) is 0 Å².